The predicted octanol–water partition coefficient (Wildman–Crippen LogP) is 2.07. The molecule has 0 fully saturated rings. The summed E-state index contributed by atoms with van der Waals surface area (Å²) in [5.74, 6) is 0.879. The van der Waals surface area contributed by atoms with Crippen molar-refractivity contribution in [3.63, 3.8) is 0 Å². The summed E-state index contributed by atoms with van der Waals surface area (Å²) < 4.78 is 5.61. The first kappa shape index (κ1) is 15.5. The number of hydrogen-bond donors (Lipinski definition) is 2. The third-order valence-electron chi connectivity index (χ3n) is 2.78. The normalized spacial score (nSPS) is 14.0. The Kier molecular flexibility index (Phi) is 5.83. The molecule has 0 aromatic heterocycles. The maximum Gasteiger partial charge on any atom is 0.260 e. The van der Waals surface area contributed by atoms with Gasteiger partial charge in [0, 0.05) is 6.54 Å². The number of aliphatic hydroxyl groups excluding tert-OH is 1. The van der Waals surface area contributed by atoms with Crippen LogP contribution in [-0.2, 0) is 4.79 Å². The van der Waals surface area contributed by atoms with E-state index in [4.69, 9.17) is 9.84 Å². The molecule has 0 bridgehead atoms. The Hall–Kier alpha value is -1.55. The number of ether oxygens (including phenoxy) is 1. The maximum atomic E-state index is 11.7. The van der Waals surface area contributed by atoms with Gasteiger partial charge in [0.2, 0.25) is 0 Å². The predicted molar refractivity (Wildman–Crippen MR) is 75.3 cm³/mol. The van der Waals surface area contributed by atoms with E-state index in [1.807, 2.05) is 24.3 Å². The first-order valence-corrected chi connectivity index (χ1v) is 6.62. The van der Waals surface area contributed by atoms with Crippen LogP contribution in [0.25, 0.3) is 0 Å². The molecule has 0 radical (unpaired) electrons. The standard InChI is InChI=1S/C15H23NO3/c1-10(2)13-6-5-7-14(8-13)19-12(4)15(18)16-9-11(3)17/h5-8,10-12,17H,9H2,1-4H3,(H,16,18). The number of carbonyl (C=O) groups is 1. The summed E-state index contributed by atoms with van der Waals surface area (Å²) in [4.78, 5) is 11.7. The van der Waals surface area contributed by atoms with Gasteiger partial charge in [0.1, 0.15) is 5.75 Å². The van der Waals surface area contributed by atoms with Gasteiger partial charge in [-0.25, -0.2) is 0 Å². The maximum absolute atomic E-state index is 11.7. The van der Waals surface area contributed by atoms with Crippen LogP contribution in [0.1, 0.15) is 39.2 Å². The van der Waals surface area contributed by atoms with Crippen molar-refractivity contribution in [3.8, 4) is 5.75 Å². The van der Waals surface area contributed by atoms with Gasteiger partial charge in [-0.1, -0.05) is 26.0 Å². The molecule has 1 aromatic rings. The number of hydrogen-bond acceptors (Lipinski definition) is 3. The smallest absolute Gasteiger partial charge is 0.260 e. The summed E-state index contributed by atoms with van der Waals surface area (Å²) in [6.45, 7) is 7.77. The fraction of sp³-hybridized carbons (Fsp3) is 0.533. The van der Waals surface area contributed by atoms with Gasteiger partial charge in [-0.05, 0) is 37.5 Å². The number of benzene rings is 1. The SMILES string of the molecule is CC(O)CNC(=O)C(C)Oc1cccc(C(C)C)c1. The van der Waals surface area contributed by atoms with Crippen LogP contribution in [0.4, 0.5) is 0 Å². The van der Waals surface area contributed by atoms with E-state index < -0.39 is 12.2 Å². The van der Waals surface area contributed by atoms with Crippen molar-refractivity contribution >= 4 is 5.91 Å². The Morgan fingerprint density at radius 2 is 2.00 bits per heavy atom. The van der Waals surface area contributed by atoms with Gasteiger partial charge < -0.3 is 15.2 Å². The summed E-state index contributed by atoms with van der Waals surface area (Å²) in [5.41, 5.74) is 1.18. The highest BCUT2D eigenvalue weighted by molar-refractivity contribution is 5.80. The molecule has 2 N–H and O–H groups in total. The first-order valence-electron chi connectivity index (χ1n) is 6.62. The number of amides is 1. The van der Waals surface area contributed by atoms with Crippen LogP contribution in [0.2, 0.25) is 0 Å². The molecule has 2 atom stereocenters. The molecule has 2 unspecified atom stereocenters. The lowest BCUT2D eigenvalue weighted by Crippen LogP contribution is -2.39. The van der Waals surface area contributed by atoms with Gasteiger partial charge in [-0.15, -0.1) is 0 Å². The van der Waals surface area contributed by atoms with E-state index in [0.29, 0.717) is 11.7 Å². The van der Waals surface area contributed by atoms with Crippen molar-refractivity contribution < 1.29 is 14.6 Å². The van der Waals surface area contributed by atoms with Gasteiger partial charge >= 0.3 is 0 Å². The topological polar surface area (TPSA) is 58.6 Å². The zero-order valence-corrected chi connectivity index (χ0v) is 12.0. The van der Waals surface area contributed by atoms with Gasteiger partial charge in [0.25, 0.3) is 5.91 Å². The molecule has 0 saturated carbocycles. The molecule has 19 heavy (non-hydrogen) atoms. The molecule has 1 aromatic carbocycles. The molecule has 106 valence electrons. The lowest BCUT2D eigenvalue weighted by atomic mass is 10.0. The average Bonchev–Trinajstić information content (AvgIpc) is 2.36. The largest absolute Gasteiger partial charge is 0.481 e. The molecule has 0 aliphatic heterocycles. The van der Waals surface area contributed by atoms with E-state index in [1.54, 1.807) is 13.8 Å². The molecule has 0 heterocycles. The van der Waals surface area contributed by atoms with Crippen LogP contribution in [-0.4, -0.2) is 29.8 Å². The van der Waals surface area contributed by atoms with Crippen LogP contribution in [0.3, 0.4) is 0 Å². The van der Waals surface area contributed by atoms with E-state index in [1.165, 1.54) is 5.56 Å². The second-order valence-corrected chi connectivity index (χ2v) is 5.08. The zero-order chi connectivity index (χ0) is 14.4. The fourth-order valence-corrected chi connectivity index (χ4v) is 1.60. The van der Waals surface area contributed by atoms with Crippen molar-refractivity contribution in [3.05, 3.63) is 29.8 Å². The van der Waals surface area contributed by atoms with Crippen molar-refractivity contribution in [1.82, 2.24) is 5.32 Å². The van der Waals surface area contributed by atoms with Crippen LogP contribution < -0.4 is 10.1 Å². The Balaban J connectivity index is 2.58. The minimum Gasteiger partial charge on any atom is -0.481 e. The van der Waals surface area contributed by atoms with E-state index in [9.17, 15) is 4.79 Å². The van der Waals surface area contributed by atoms with E-state index >= 15 is 0 Å². The highest BCUT2D eigenvalue weighted by Crippen LogP contribution is 2.20. The lowest BCUT2D eigenvalue weighted by molar-refractivity contribution is -0.127. The summed E-state index contributed by atoms with van der Waals surface area (Å²) in [6.07, 6.45) is -1.14. The second-order valence-electron chi connectivity index (χ2n) is 5.08. The molecule has 1 amide bonds. The molecular formula is C15H23NO3. The summed E-state index contributed by atoms with van der Waals surface area (Å²) in [7, 11) is 0. The highest BCUT2D eigenvalue weighted by Gasteiger charge is 2.15. The van der Waals surface area contributed by atoms with Crippen molar-refractivity contribution in [2.24, 2.45) is 0 Å². The van der Waals surface area contributed by atoms with E-state index in [-0.39, 0.29) is 12.5 Å². The molecule has 0 spiro atoms. The summed E-state index contributed by atoms with van der Waals surface area (Å²) in [5, 5.41) is 11.7. The van der Waals surface area contributed by atoms with Gasteiger partial charge in [-0.3, -0.25) is 4.79 Å². The summed E-state index contributed by atoms with van der Waals surface area (Å²) >= 11 is 0. The van der Waals surface area contributed by atoms with Crippen LogP contribution in [0.15, 0.2) is 24.3 Å². The Morgan fingerprint density at radius 1 is 1.32 bits per heavy atom. The molecule has 1 rings (SSSR count). The van der Waals surface area contributed by atoms with Crippen LogP contribution in [0, 0.1) is 0 Å². The number of carbonyl (C=O) groups excluding carboxylic acids is 1. The van der Waals surface area contributed by atoms with Crippen molar-refractivity contribution in [1.29, 1.82) is 0 Å². The highest BCUT2D eigenvalue weighted by atomic mass is 16.5. The van der Waals surface area contributed by atoms with Crippen molar-refractivity contribution in [2.45, 2.75) is 45.8 Å². The molecular weight excluding hydrogens is 242 g/mol. The Bertz CT molecular complexity index is 416. The molecule has 4 nitrogen and oxygen atoms in total. The Morgan fingerprint density at radius 3 is 2.58 bits per heavy atom. The zero-order valence-electron chi connectivity index (χ0n) is 12.0. The first-order chi connectivity index (χ1) is 8.90. The third kappa shape index (κ3) is 5.30. The van der Waals surface area contributed by atoms with Crippen molar-refractivity contribution in [2.75, 3.05) is 6.54 Å². The number of rotatable bonds is 6. The minimum absolute atomic E-state index is 0.226. The lowest BCUT2D eigenvalue weighted by Gasteiger charge is -2.16. The monoisotopic (exact) mass is 265 g/mol. The third-order valence-corrected chi connectivity index (χ3v) is 2.78. The van der Waals surface area contributed by atoms with E-state index in [2.05, 4.69) is 19.2 Å². The van der Waals surface area contributed by atoms with Gasteiger partial charge in [0.05, 0.1) is 6.10 Å². The fourth-order valence-electron chi connectivity index (χ4n) is 1.60. The van der Waals surface area contributed by atoms with Gasteiger partial charge in [0.15, 0.2) is 6.10 Å². The van der Waals surface area contributed by atoms with Crippen LogP contribution >= 0.6 is 0 Å². The van der Waals surface area contributed by atoms with E-state index in [0.717, 1.165) is 0 Å². The second kappa shape index (κ2) is 7.14. The number of nitrogens with one attached hydrogen (secondary N) is 1. The molecule has 0 aliphatic rings. The number of aliphatic hydroxyl groups is 1. The van der Waals surface area contributed by atoms with Gasteiger partial charge in [-0.2, -0.15) is 0 Å². The summed E-state index contributed by atoms with van der Waals surface area (Å²) in [6, 6.07) is 7.74. The van der Waals surface area contributed by atoms with Crippen LogP contribution in [0.5, 0.6) is 5.75 Å². The quantitative estimate of drug-likeness (QED) is 0.828. The average molecular weight is 265 g/mol. The Labute approximate surface area is 114 Å². The molecule has 4 heteroatoms. The molecule has 0 saturated heterocycles. The molecule has 0 aliphatic carbocycles. The minimum atomic E-state index is -0.582.